The van der Waals surface area contributed by atoms with E-state index in [0.717, 1.165) is 5.56 Å². The van der Waals surface area contributed by atoms with E-state index >= 15 is 0 Å². The third-order valence-corrected chi connectivity index (χ3v) is 4.41. The number of hydrogen-bond donors (Lipinski definition) is 2. The lowest BCUT2D eigenvalue weighted by Crippen LogP contribution is -2.30. The number of aliphatic hydroxyl groups is 1. The summed E-state index contributed by atoms with van der Waals surface area (Å²) in [6, 6.07) is 11.0. The zero-order chi connectivity index (χ0) is 15.1. The van der Waals surface area contributed by atoms with Crippen molar-refractivity contribution in [2.24, 2.45) is 0 Å². The van der Waals surface area contributed by atoms with Gasteiger partial charge in [0, 0.05) is 19.2 Å². The summed E-state index contributed by atoms with van der Waals surface area (Å²) >= 11 is 0. The summed E-state index contributed by atoms with van der Waals surface area (Å²) < 4.78 is 31.1. The first kappa shape index (κ1) is 15.7. The summed E-state index contributed by atoms with van der Waals surface area (Å²) in [5, 5.41) is 12.7. The Morgan fingerprint density at radius 2 is 2.00 bits per heavy atom. The standard InChI is InChI=1S/C14H18N2O4S/c17-8-6-13(12-4-2-1-3-5-12)10-15-21(18,19)11-14-7-9-20-16-14/h1-5,7,9,13,15,17H,6,8,10-11H2. The first-order valence-electron chi connectivity index (χ1n) is 6.63. The van der Waals surface area contributed by atoms with Gasteiger partial charge in [-0.3, -0.25) is 0 Å². The summed E-state index contributed by atoms with van der Waals surface area (Å²) in [5.41, 5.74) is 1.36. The van der Waals surface area contributed by atoms with E-state index in [1.54, 1.807) is 0 Å². The van der Waals surface area contributed by atoms with Crippen LogP contribution >= 0.6 is 0 Å². The van der Waals surface area contributed by atoms with Crippen molar-refractivity contribution in [3.63, 3.8) is 0 Å². The van der Waals surface area contributed by atoms with E-state index < -0.39 is 10.0 Å². The van der Waals surface area contributed by atoms with Crippen molar-refractivity contribution in [2.45, 2.75) is 18.1 Å². The molecule has 0 bridgehead atoms. The van der Waals surface area contributed by atoms with Gasteiger partial charge in [-0.05, 0) is 17.9 Å². The van der Waals surface area contributed by atoms with Crippen LogP contribution in [0.2, 0.25) is 0 Å². The molecule has 2 rings (SSSR count). The van der Waals surface area contributed by atoms with Gasteiger partial charge in [-0.2, -0.15) is 0 Å². The summed E-state index contributed by atoms with van der Waals surface area (Å²) in [5.74, 6) is -0.285. The quantitative estimate of drug-likeness (QED) is 0.766. The third kappa shape index (κ3) is 4.96. The monoisotopic (exact) mass is 310 g/mol. The zero-order valence-corrected chi connectivity index (χ0v) is 12.3. The molecule has 0 amide bonds. The van der Waals surface area contributed by atoms with Crippen LogP contribution in [0.15, 0.2) is 47.2 Å². The summed E-state index contributed by atoms with van der Waals surface area (Å²) in [6.07, 6.45) is 1.83. The largest absolute Gasteiger partial charge is 0.396 e. The average molecular weight is 310 g/mol. The van der Waals surface area contributed by atoms with E-state index in [4.69, 9.17) is 5.11 Å². The molecule has 0 spiro atoms. The van der Waals surface area contributed by atoms with Crippen LogP contribution in [0.1, 0.15) is 23.6 Å². The molecule has 0 aliphatic heterocycles. The number of benzene rings is 1. The minimum Gasteiger partial charge on any atom is -0.396 e. The van der Waals surface area contributed by atoms with E-state index in [9.17, 15) is 8.42 Å². The van der Waals surface area contributed by atoms with Gasteiger partial charge in [-0.15, -0.1) is 0 Å². The number of rotatable bonds is 8. The van der Waals surface area contributed by atoms with Crippen molar-refractivity contribution >= 4 is 10.0 Å². The zero-order valence-electron chi connectivity index (χ0n) is 11.5. The van der Waals surface area contributed by atoms with Gasteiger partial charge in [0.1, 0.15) is 12.0 Å². The molecule has 0 aliphatic rings. The van der Waals surface area contributed by atoms with Gasteiger partial charge < -0.3 is 9.63 Å². The van der Waals surface area contributed by atoms with Gasteiger partial charge in [0.2, 0.25) is 10.0 Å². The van der Waals surface area contributed by atoms with Crippen molar-refractivity contribution < 1.29 is 18.0 Å². The highest BCUT2D eigenvalue weighted by molar-refractivity contribution is 7.88. The molecule has 1 atom stereocenters. The summed E-state index contributed by atoms with van der Waals surface area (Å²) in [4.78, 5) is 0. The molecule has 7 heteroatoms. The van der Waals surface area contributed by atoms with Crippen molar-refractivity contribution in [1.82, 2.24) is 9.88 Å². The van der Waals surface area contributed by atoms with E-state index in [1.165, 1.54) is 12.3 Å². The highest BCUT2D eigenvalue weighted by Crippen LogP contribution is 2.18. The molecule has 0 aliphatic carbocycles. The molecule has 0 fully saturated rings. The molecule has 1 heterocycles. The third-order valence-electron chi connectivity index (χ3n) is 3.13. The molecular formula is C14H18N2O4S. The van der Waals surface area contributed by atoms with Crippen LogP contribution in [0.4, 0.5) is 0 Å². The lowest BCUT2D eigenvalue weighted by molar-refractivity contribution is 0.275. The van der Waals surface area contributed by atoms with E-state index in [1.807, 2.05) is 30.3 Å². The number of hydrogen-bond acceptors (Lipinski definition) is 5. The molecule has 0 radical (unpaired) electrons. The van der Waals surface area contributed by atoms with Gasteiger partial charge in [0.25, 0.3) is 0 Å². The maximum atomic E-state index is 12.0. The maximum Gasteiger partial charge on any atom is 0.217 e. The molecule has 0 saturated heterocycles. The average Bonchev–Trinajstić information content (AvgIpc) is 2.96. The number of aliphatic hydroxyl groups excluding tert-OH is 1. The second-order valence-corrected chi connectivity index (χ2v) is 6.53. The molecule has 21 heavy (non-hydrogen) atoms. The lowest BCUT2D eigenvalue weighted by atomic mass is 9.96. The maximum absolute atomic E-state index is 12.0. The lowest BCUT2D eigenvalue weighted by Gasteiger charge is -2.17. The number of sulfonamides is 1. The van der Waals surface area contributed by atoms with Gasteiger partial charge in [-0.1, -0.05) is 35.5 Å². The fraction of sp³-hybridized carbons (Fsp3) is 0.357. The fourth-order valence-corrected chi connectivity index (χ4v) is 3.15. The Bertz CT molecular complexity index is 626. The molecule has 1 unspecified atom stereocenters. The molecule has 6 nitrogen and oxygen atoms in total. The Balaban J connectivity index is 1.98. The fourth-order valence-electron chi connectivity index (χ4n) is 2.05. The Kier molecular flexibility index (Phi) is 5.49. The first-order valence-corrected chi connectivity index (χ1v) is 8.28. The predicted octanol–water partition coefficient (Wildman–Crippen LogP) is 1.26. The highest BCUT2D eigenvalue weighted by Gasteiger charge is 2.17. The second kappa shape index (κ2) is 7.35. The van der Waals surface area contributed by atoms with Crippen molar-refractivity contribution in [3.8, 4) is 0 Å². The van der Waals surface area contributed by atoms with E-state index in [0.29, 0.717) is 12.1 Å². The molecule has 0 saturated carbocycles. The minimum atomic E-state index is -3.48. The topological polar surface area (TPSA) is 92.4 Å². The second-order valence-electron chi connectivity index (χ2n) is 4.72. The number of nitrogens with zero attached hydrogens (tertiary/aromatic N) is 1. The Hall–Kier alpha value is -1.70. The molecule has 1 aromatic carbocycles. The van der Waals surface area contributed by atoms with Crippen LogP contribution in [-0.4, -0.2) is 31.8 Å². The van der Waals surface area contributed by atoms with E-state index in [2.05, 4.69) is 14.4 Å². The van der Waals surface area contributed by atoms with Crippen LogP contribution in [0.3, 0.4) is 0 Å². The Morgan fingerprint density at radius 1 is 1.24 bits per heavy atom. The van der Waals surface area contributed by atoms with Gasteiger partial charge in [0.05, 0.1) is 5.69 Å². The van der Waals surface area contributed by atoms with E-state index in [-0.39, 0.29) is 24.8 Å². The van der Waals surface area contributed by atoms with Gasteiger partial charge >= 0.3 is 0 Å². The predicted molar refractivity (Wildman–Crippen MR) is 78.0 cm³/mol. The number of aromatic nitrogens is 1. The van der Waals surface area contributed by atoms with Crippen molar-refractivity contribution in [1.29, 1.82) is 0 Å². The van der Waals surface area contributed by atoms with Crippen LogP contribution < -0.4 is 4.72 Å². The molecule has 2 aromatic rings. The van der Waals surface area contributed by atoms with Crippen molar-refractivity contribution in [2.75, 3.05) is 13.2 Å². The van der Waals surface area contributed by atoms with Crippen LogP contribution in [-0.2, 0) is 15.8 Å². The van der Waals surface area contributed by atoms with Crippen molar-refractivity contribution in [3.05, 3.63) is 53.9 Å². The van der Waals surface area contributed by atoms with Gasteiger partial charge in [-0.25, -0.2) is 13.1 Å². The Labute approximate surface area is 123 Å². The SMILES string of the molecule is O=S(=O)(Cc1ccon1)NCC(CCO)c1ccccc1. The van der Waals surface area contributed by atoms with Crippen LogP contribution in [0, 0.1) is 0 Å². The molecule has 1 aromatic heterocycles. The first-order chi connectivity index (χ1) is 10.1. The van der Waals surface area contributed by atoms with Crippen LogP contribution in [0.25, 0.3) is 0 Å². The number of nitrogens with one attached hydrogen (secondary N) is 1. The Morgan fingerprint density at radius 3 is 2.62 bits per heavy atom. The molecule has 2 N–H and O–H groups in total. The normalized spacial score (nSPS) is 13.2. The summed E-state index contributed by atoms with van der Waals surface area (Å²) in [6.45, 7) is 0.245. The minimum absolute atomic E-state index is 0.00454. The smallest absolute Gasteiger partial charge is 0.217 e. The summed E-state index contributed by atoms with van der Waals surface area (Å²) in [7, 11) is -3.48. The van der Waals surface area contributed by atoms with Gasteiger partial charge in [0.15, 0.2) is 0 Å². The molecule has 114 valence electrons. The molecular weight excluding hydrogens is 292 g/mol. The highest BCUT2D eigenvalue weighted by atomic mass is 32.2. The van der Waals surface area contributed by atoms with Crippen LogP contribution in [0.5, 0.6) is 0 Å².